The number of hydrogen-bond donors (Lipinski definition) is 1. The summed E-state index contributed by atoms with van der Waals surface area (Å²) in [7, 11) is 1.67. The molecule has 0 amide bonds. The summed E-state index contributed by atoms with van der Waals surface area (Å²) < 4.78 is 19.3. The highest BCUT2D eigenvalue weighted by Gasteiger charge is 2.21. The van der Waals surface area contributed by atoms with Gasteiger partial charge >= 0.3 is 0 Å². The highest BCUT2D eigenvalue weighted by molar-refractivity contribution is 6.31. The molecule has 0 aliphatic heterocycles. The normalized spacial score (nSPS) is 17.2. The maximum Gasteiger partial charge on any atom is 0.164 e. The van der Waals surface area contributed by atoms with E-state index in [0.717, 1.165) is 25.0 Å². The standard InChI is InChI=1S/C17H17ClFNO/c1-21-12-8-9-13-11(10-12)4-2-6-15(13)20-16-7-3-5-14(18)17(16)19/h3,5,7-10,15,20H,2,4,6H2,1H3. The molecule has 0 fully saturated rings. The zero-order valence-electron chi connectivity index (χ0n) is 11.8. The van der Waals surface area contributed by atoms with Crippen LogP contribution in [0, 0.1) is 5.82 Å². The van der Waals surface area contributed by atoms with E-state index in [1.165, 1.54) is 11.1 Å². The number of nitrogens with one attached hydrogen (secondary N) is 1. The minimum atomic E-state index is -0.389. The Balaban J connectivity index is 1.90. The number of fused-ring (bicyclic) bond motifs is 1. The quantitative estimate of drug-likeness (QED) is 0.863. The summed E-state index contributed by atoms with van der Waals surface area (Å²) in [4.78, 5) is 0. The number of hydrogen-bond acceptors (Lipinski definition) is 2. The van der Waals surface area contributed by atoms with Gasteiger partial charge in [-0.2, -0.15) is 0 Å². The van der Waals surface area contributed by atoms with Crippen LogP contribution >= 0.6 is 11.6 Å². The number of halogens is 2. The summed E-state index contributed by atoms with van der Waals surface area (Å²) in [6, 6.07) is 11.2. The average Bonchev–Trinajstić information content (AvgIpc) is 2.51. The van der Waals surface area contributed by atoms with Crippen LogP contribution in [0.5, 0.6) is 5.75 Å². The molecule has 4 heteroatoms. The van der Waals surface area contributed by atoms with Crippen molar-refractivity contribution in [3.63, 3.8) is 0 Å². The third kappa shape index (κ3) is 2.84. The predicted molar refractivity (Wildman–Crippen MR) is 83.7 cm³/mol. The van der Waals surface area contributed by atoms with Crippen LogP contribution in [-0.2, 0) is 6.42 Å². The molecule has 0 spiro atoms. The monoisotopic (exact) mass is 305 g/mol. The Labute approximate surface area is 128 Å². The van der Waals surface area contributed by atoms with Gasteiger partial charge in [0.1, 0.15) is 5.75 Å². The van der Waals surface area contributed by atoms with Crippen LogP contribution in [0.3, 0.4) is 0 Å². The molecule has 1 atom stereocenters. The van der Waals surface area contributed by atoms with Crippen molar-refractivity contribution in [1.82, 2.24) is 0 Å². The van der Waals surface area contributed by atoms with Crippen LogP contribution in [-0.4, -0.2) is 7.11 Å². The molecule has 2 aromatic rings. The first-order valence-electron chi connectivity index (χ1n) is 7.06. The molecule has 0 radical (unpaired) electrons. The fraction of sp³-hybridized carbons (Fsp3) is 0.294. The van der Waals surface area contributed by atoms with Crippen LogP contribution in [0.25, 0.3) is 0 Å². The molecule has 0 aromatic heterocycles. The summed E-state index contributed by atoms with van der Waals surface area (Å²) >= 11 is 5.84. The Morgan fingerprint density at radius 1 is 1.29 bits per heavy atom. The zero-order valence-corrected chi connectivity index (χ0v) is 12.6. The van der Waals surface area contributed by atoms with Crippen LogP contribution in [0.1, 0.15) is 30.0 Å². The zero-order chi connectivity index (χ0) is 14.8. The predicted octanol–water partition coefficient (Wildman–Crippen LogP) is 4.98. The molecule has 21 heavy (non-hydrogen) atoms. The highest BCUT2D eigenvalue weighted by atomic mass is 35.5. The Morgan fingerprint density at radius 3 is 2.95 bits per heavy atom. The fourth-order valence-corrected chi connectivity index (χ4v) is 3.05. The van der Waals surface area contributed by atoms with E-state index in [9.17, 15) is 4.39 Å². The van der Waals surface area contributed by atoms with Gasteiger partial charge < -0.3 is 10.1 Å². The first kappa shape index (κ1) is 14.2. The molecule has 2 nitrogen and oxygen atoms in total. The highest BCUT2D eigenvalue weighted by Crippen LogP contribution is 2.35. The summed E-state index contributed by atoms with van der Waals surface area (Å²) in [5, 5.41) is 3.43. The van der Waals surface area contributed by atoms with Gasteiger partial charge in [-0.25, -0.2) is 4.39 Å². The number of rotatable bonds is 3. The summed E-state index contributed by atoms with van der Waals surface area (Å²) in [5.74, 6) is 0.475. The topological polar surface area (TPSA) is 21.3 Å². The van der Waals surface area contributed by atoms with Crippen LogP contribution in [0.15, 0.2) is 36.4 Å². The third-order valence-electron chi connectivity index (χ3n) is 3.95. The lowest BCUT2D eigenvalue weighted by Gasteiger charge is -2.28. The van der Waals surface area contributed by atoms with E-state index in [1.807, 2.05) is 6.07 Å². The Morgan fingerprint density at radius 2 is 2.14 bits per heavy atom. The molecule has 1 unspecified atom stereocenters. The third-order valence-corrected chi connectivity index (χ3v) is 4.24. The van der Waals surface area contributed by atoms with Crippen molar-refractivity contribution >= 4 is 17.3 Å². The maximum absolute atomic E-state index is 14.0. The number of benzene rings is 2. The van der Waals surface area contributed by atoms with E-state index in [1.54, 1.807) is 25.3 Å². The Hall–Kier alpha value is -1.74. The van der Waals surface area contributed by atoms with Gasteiger partial charge in [-0.3, -0.25) is 0 Å². The molecule has 0 saturated carbocycles. The summed E-state index contributed by atoms with van der Waals surface area (Å²) in [6.07, 6.45) is 3.08. The largest absolute Gasteiger partial charge is 0.497 e. The van der Waals surface area contributed by atoms with E-state index in [-0.39, 0.29) is 16.9 Å². The van der Waals surface area contributed by atoms with E-state index < -0.39 is 0 Å². The van der Waals surface area contributed by atoms with Gasteiger partial charge in [0.25, 0.3) is 0 Å². The minimum absolute atomic E-state index is 0.104. The lowest BCUT2D eigenvalue weighted by Crippen LogP contribution is -2.18. The molecule has 0 heterocycles. The van der Waals surface area contributed by atoms with Gasteiger partial charge in [-0.05, 0) is 54.7 Å². The molecule has 0 bridgehead atoms. The number of ether oxygens (including phenoxy) is 1. The van der Waals surface area contributed by atoms with E-state index in [4.69, 9.17) is 16.3 Å². The van der Waals surface area contributed by atoms with Gasteiger partial charge in [-0.15, -0.1) is 0 Å². The molecule has 1 N–H and O–H groups in total. The molecule has 0 saturated heterocycles. The number of anilines is 1. The van der Waals surface area contributed by atoms with Crippen molar-refractivity contribution in [2.75, 3.05) is 12.4 Å². The van der Waals surface area contributed by atoms with Crippen molar-refractivity contribution in [3.8, 4) is 5.75 Å². The number of aryl methyl sites for hydroxylation is 1. The van der Waals surface area contributed by atoms with Crippen LogP contribution in [0.2, 0.25) is 5.02 Å². The molecule has 1 aliphatic rings. The smallest absolute Gasteiger partial charge is 0.164 e. The average molecular weight is 306 g/mol. The van der Waals surface area contributed by atoms with Gasteiger partial charge in [0, 0.05) is 0 Å². The van der Waals surface area contributed by atoms with Crippen molar-refractivity contribution in [1.29, 1.82) is 0 Å². The maximum atomic E-state index is 14.0. The Bertz CT molecular complexity index is 659. The molecule has 110 valence electrons. The molecular formula is C17H17ClFNO. The fourth-order valence-electron chi connectivity index (χ4n) is 2.87. The SMILES string of the molecule is COc1ccc2c(c1)CCCC2Nc1cccc(Cl)c1F. The van der Waals surface area contributed by atoms with E-state index in [2.05, 4.69) is 17.4 Å². The lowest BCUT2D eigenvalue weighted by molar-refractivity contribution is 0.413. The summed E-state index contributed by atoms with van der Waals surface area (Å²) in [6.45, 7) is 0. The minimum Gasteiger partial charge on any atom is -0.497 e. The van der Waals surface area contributed by atoms with Gasteiger partial charge in [0.05, 0.1) is 23.9 Å². The second-order valence-electron chi connectivity index (χ2n) is 5.26. The lowest BCUT2D eigenvalue weighted by atomic mass is 9.87. The van der Waals surface area contributed by atoms with Crippen molar-refractivity contribution < 1.29 is 9.13 Å². The molecule has 2 aromatic carbocycles. The van der Waals surface area contributed by atoms with E-state index >= 15 is 0 Å². The van der Waals surface area contributed by atoms with Crippen molar-refractivity contribution in [3.05, 3.63) is 58.4 Å². The molecular weight excluding hydrogens is 289 g/mol. The first-order valence-corrected chi connectivity index (χ1v) is 7.44. The second kappa shape index (κ2) is 5.94. The molecule has 1 aliphatic carbocycles. The van der Waals surface area contributed by atoms with Crippen LogP contribution < -0.4 is 10.1 Å². The van der Waals surface area contributed by atoms with Crippen molar-refractivity contribution in [2.45, 2.75) is 25.3 Å². The first-order chi connectivity index (χ1) is 10.2. The van der Waals surface area contributed by atoms with Gasteiger partial charge in [-0.1, -0.05) is 23.7 Å². The van der Waals surface area contributed by atoms with Gasteiger partial charge in [0.2, 0.25) is 0 Å². The number of methoxy groups -OCH3 is 1. The van der Waals surface area contributed by atoms with Gasteiger partial charge in [0.15, 0.2) is 5.82 Å². The molecule has 3 rings (SSSR count). The van der Waals surface area contributed by atoms with Crippen molar-refractivity contribution in [2.24, 2.45) is 0 Å². The second-order valence-corrected chi connectivity index (χ2v) is 5.66. The van der Waals surface area contributed by atoms with Crippen LogP contribution in [0.4, 0.5) is 10.1 Å². The Kier molecular flexibility index (Phi) is 4.02. The van der Waals surface area contributed by atoms with E-state index in [0.29, 0.717) is 5.69 Å². The summed E-state index contributed by atoms with van der Waals surface area (Å²) in [5.41, 5.74) is 2.93.